The van der Waals surface area contributed by atoms with Crippen LogP contribution in [0.4, 0.5) is 0 Å². The van der Waals surface area contributed by atoms with Gasteiger partial charge in [-0.15, -0.1) is 0 Å². The van der Waals surface area contributed by atoms with Crippen LogP contribution in [0.1, 0.15) is 53.4 Å². The van der Waals surface area contributed by atoms with Gasteiger partial charge in [0.05, 0.1) is 11.9 Å². The maximum atomic E-state index is 11.5. The van der Waals surface area contributed by atoms with Crippen molar-refractivity contribution in [1.29, 1.82) is 0 Å². The molecule has 1 atom stereocenters. The average Bonchev–Trinajstić information content (AvgIpc) is 2.44. The number of sulfone groups is 1. The van der Waals surface area contributed by atoms with Crippen LogP contribution in [0.2, 0.25) is 0 Å². The molecule has 6 nitrogen and oxygen atoms in total. The van der Waals surface area contributed by atoms with Gasteiger partial charge in [-0.2, -0.15) is 0 Å². The summed E-state index contributed by atoms with van der Waals surface area (Å²) < 4.78 is 32.7. The monoisotopic (exact) mass is 336 g/mol. The highest BCUT2D eigenvalue weighted by atomic mass is 32.2. The second-order valence-electron chi connectivity index (χ2n) is 5.62. The first kappa shape index (κ1) is 20.9. The van der Waals surface area contributed by atoms with E-state index < -0.39 is 39.4 Å². The predicted octanol–water partition coefficient (Wildman–Crippen LogP) is 2.11. The third kappa shape index (κ3) is 9.02. The number of hydrogen-bond donors (Lipinski definition) is 0. The molecule has 0 aliphatic carbocycles. The van der Waals surface area contributed by atoms with E-state index >= 15 is 0 Å². The van der Waals surface area contributed by atoms with Crippen LogP contribution in [0.5, 0.6) is 0 Å². The van der Waals surface area contributed by atoms with Gasteiger partial charge in [0.1, 0.15) is 5.75 Å². The zero-order chi connectivity index (χ0) is 17.2. The average molecular weight is 336 g/mol. The molecular weight excluding hydrogens is 308 g/mol. The molecule has 0 aromatic carbocycles. The van der Waals surface area contributed by atoms with E-state index in [1.165, 1.54) is 13.8 Å². The van der Waals surface area contributed by atoms with E-state index in [4.69, 9.17) is 4.74 Å². The lowest BCUT2D eigenvalue weighted by molar-refractivity contribution is -0.158. The highest BCUT2D eigenvalue weighted by Gasteiger charge is 2.22. The number of ether oxygens (including phenoxy) is 2. The van der Waals surface area contributed by atoms with E-state index in [9.17, 15) is 18.0 Å². The molecule has 1 unspecified atom stereocenters. The summed E-state index contributed by atoms with van der Waals surface area (Å²) in [4.78, 5) is 22.9. The number of rotatable bonds is 11. The van der Waals surface area contributed by atoms with Crippen molar-refractivity contribution in [3.05, 3.63) is 0 Å². The maximum absolute atomic E-state index is 11.5. The second kappa shape index (κ2) is 10.6. The lowest BCUT2D eigenvalue weighted by Crippen LogP contribution is -2.27. The predicted molar refractivity (Wildman–Crippen MR) is 84.1 cm³/mol. The summed E-state index contributed by atoms with van der Waals surface area (Å²) in [5, 5.41) is -0.657. The van der Waals surface area contributed by atoms with Gasteiger partial charge in [-0.05, 0) is 26.2 Å². The Balaban J connectivity index is 4.06. The summed E-state index contributed by atoms with van der Waals surface area (Å²) in [6.45, 7) is 6.86. The summed E-state index contributed by atoms with van der Waals surface area (Å²) in [5.41, 5.74) is 0. The number of hydrogen-bond acceptors (Lipinski definition) is 6. The Morgan fingerprint density at radius 3 is 2.18 bits per heavy atom. The summed E-state index contributed by atoms with van der Waals surface area (Å²) in [6, 6.07) is 0. The second-order valence-corrected chi connectivity index (χ2v) is 8.17. The van der Waals surface area contributed by atoms with Crippen LogP contribution < -0.4 is 0 Å². The van der Waals surface area contributed by atoms with Crippen LogP contribution in [0.3, 0.4) is 0 Å². The van der Waals surface area contributed by atoms with Gasteiger partial charge < -0.3 is 9.47 Å². The quantitative estimate of drug-likeness (QED) is 0.537. The molecule has 0 heterocycles. The summed E-state index contributed by atoms with van der Waals surface area (Å²) >= 11 is 0. The van der Waals surface area contributed by atoms with Crippen LogP contribution >= 0.6 is 0 Å². The number of unbranched alkanes of at least 4 members (excludes halogenated alkanes) is 1. The van der Waals surface area contributed by atoms with Crippen LogP contribution in [-0.4, -0.2) is 44.6 Å². The van der Waals surface area contributed by atoms with Gasteiger partial charge in [-0.25, -0.2) is 13.2 Å². The first-order valence-corrected chi connectivity index (χ1v) is 9.47. The van der Waals surface area contributed by atoms with Crippen molar-refractivity contribution >= 4 is 21.8 Å². The van der Waals surface area contributed by atoms with Crippen molar-refractivity contribution in [2.45, 2.75) is 58.6 Å². The Morgan fingerprint density at radius 1 is 1.05 bits per heavy atom. The Labute approximate surface area is 133 Å². The van der Waals surface area contributed by atoms with Gasteiger partial charge in [0.25, 0.3) is 0 Å². The molecule has 22 heavy (non-hydrogen) atoms. The molecule has 0 bridgehead atoms. The Hall–Kier alpha value is -1.11. The normalized spacial score (nSPS) is 13.0. The molecule has 7 heteroatoms. The first-order chi connectivity index (χ1) is 10.2. The Kier molecular flexibility index (Phi) is 10.1. The Bertz CT molecular complexity index is 441. The SMILES string of the molecule is CCCCC(CC)COC(=O)COC(=O)CS(=O)(=O)C(C)C. The molecule has 0 aromatic rings. The topological polar surface area (TPSA) is 86.7 Å². The zero-order valence-corrected chi connectivity index (χ0v) is 14.8. The van der Waals surface area contributed by atoms with Crippen molar-refractivity contribution in [3.8, 4) is 0 Å². The standard InChI is InChI=1S/C15H28O6S/c1-5-7-8-13(6-2)9-20-14(16)10-21-15(17)11-22(18,19)12(3)4/h12-13H,5-11H2,1-4H3. The van der Waals surface area contributed by atoms with Gasteiger partial charge >= 0.3 is 11.9 Å². The molecule has 0 fully saturated rings. The van der Waals surface area contributed by atoms with Crippen molar-refractivity contribution in [3.63, 3.8) is 0 Å². The third-order valence-corrected chi connectivity index (χ3v) is 5.49. The minimum Gasteiger partial charge on any atom is -0.463 e. The van der Waals surface area contributed by atoms with E-state index in [0.717, 1.165) is 25.7 Å². The molecule has 0 radical (unpaired) electrons. The number of esters is 2. The van der Waals surface area contributed by atoms with Crippen molar-refractivity contribution in [2.24, 2.45) is 5.92 Å². The van der Waals surface area contributed by atoms with Crippen molar-refractivity contribution in [1.82, 2.24) is 0 Å². The summed E-state index contributed by atoms with van der Waals surface area (Å²) in [6.07, 6.45) is 4.08. The Morgan fingerprint density at radius 2 is 1.68 bits per heavy atom. The van der Waals surface area contributed by atoms with Gasteiger partial charge in [-0.1, -0.05) is 33.1 Å². The van der Waals surface area contributed by atoms with Crippen LogP contribution in [0.15, 0.2) is 0 Å². The lowest BCUT2D eigenvalue weighted by atomic mass is 10.0. The van der Waals surface area contributed by atoms with Crippen LogP contribution in [0, 0.1) is 5.92 Å². The zero-order valence-electron chi connectivity index (χ0n) is 14.0. The van der Waals surface area contributed by atoms with Crippen molar-refractivity contribution < 1.29 is 27.5 Å². The minimum atomic E-state index is -3.51. The third-order valence-electron chi connectivity index (χ3n) is 3.41. The summed E-state index contributed by atoms with van der Waals surface area (Å²) in [5.74, 6) is -1.98. The number of carbonyl (C=O) groups is 2. The fourth-order valence-corrected chi connectivity index (χ4v) is 2.41. The minimum absolute atomic E-state index is 0.303. The van der Waals surface area contributed by atoms with Gasteiger partial charge in [-0.3, -0.25) is 4.79 Å². The van der Waals surface area contributed by atoms with Gasteiger partial charge in [0.2, 0.25) is 0 Å². The summed E-state index contributed by atoms with van der Waals surface area (Å²) in [7, 11) is -3.51. The van der Waals surface area contributed by atoms with Crippen molar-refractivity contribution in [2.75, 3.05) is 19.0 Å². The lowest BCUT2D eigenvalue weighted by Gasteiger charge is -2.14. The number of carbonyl (C=O) groups excluding carboxylic acids is 2. The van der Waals surface area contributed by atoms with Gasteiger partial charge in [0.15, 0.2) is 16.4 Å². The molecular formula is C15H28O6S. The molecule has 0 spiro atoms. The molecule has 0 N–H and O–H groups in total. The van der Waals surface area contributed by atoms with Crippen LogP contribution in [-0.2, 0) is 28.9 Å². The van der Waals surface area contributed by atoms with E-state index in [0.29, 0.717) is 12.5 Å². The van der Waals surface area contributed by atoms with E-state index in [-0.39, 0.29) is 0 Å². The van der Waals surface area contributed by atoms with Gasteiger partial charge in [0, 0.05) is 0 Å². The van der Waals surface area contributed by atoms with E-state index in [1.54, 1.807) is 0 Å². The highest BCUT2D eigenvalue weighted by Crippen LogP contribution is 2.12. The largest absolute Gasteiger partial charge is 0.463 e. The molecule has 0 rings (SSSR count). The fourth-order valence-electron chi connectivity index (χ4n) is 1.66. The van der Waals surface area contributed by atoms with E-state index in [2.05, 4.69) is 11.7 Å². The molecule has 130 valence electrons. The highest BCUT2D eigenvalue weighted by molar-refractivity contribution is 7.92. The molecule has 0 aromatic heterocycles. The smallest absolute Gasteiger partial charge is 0.344 e. The maximum Gasteiger partial charge on any atom is 0.344 e. The molecule has 0 amide bonds. The molecule has 0 aliphatic rings. The molecule has 0 saturated heterocycles. The van der Waals surface area contributed by atoms with Crippen LogP contribution in [0.25, 0.3) is 0 Å². The van der Waals surface area contributed by atoms with E-state index in [1.807, 2.05) is 6.92 Å². The molecule has 0 saturated carbocycles. The first-order valence-electron chi connectivity index (χ1n) is 7.75. The molecule has 0 aliphatic heterocycles. The fraction of sp³-hybridized carbons (Fsp3) is 0.867.